The van der Waals surface area contributed by atoms with Crippen LogP contribution in [0.15, 0.2) is 12.1 Å². The fraction of sp³-hybridized carbons (Fsp3) is 0.455. The lowest BCUT2D eigenvalue weighted by atomic mass is 10.1. The predicted molar refractivity (Wildman–Crippen MR) is 60.9 cm³/mol. The van der Waals surface area contributed by atoms with Gasteiger partial charge in [0.2, 0.25) is 0 Å². The van der Waals surface area contributed by atoms with Crippen molar-refractivity contribution < 1.29 is 18.0 Å². The molecule has 0 aliphatic carbocycles. The Morgan fingerprint density at radius 3 is 2.33 bits per heavy atom. The molecule has 1 rings (SSSR count). The molecule has 7 heteroatoms. The highest BCUT2D eigenvalue weighted by Gasteiger charge is 2.38. The number of alkyl halides is 3. The van der Waals surface area contributed by atoms with Crippen LogP contribution in [0.4, 0.5) is 19.0 Å². The van der Waals surface area contributed by atoms with Crippen molar-refractivity contribution >= 4 is 11.7 Å². The molecule has 100 valence electrons. The summed E-state index contributed by atoms with van der Waals surface area (Å²) in [6, 6.07) is 2.25. The Labute approximate surface area is 103 Å². The summed E-state index contributed by atoms with van der Waals surface area (Å²) >= 11 is 0. The predicted octanol–water partition coefficient (Wildman–Crippen LogP) is 2.16. The zero-order chi connectivity index (χ0) is 13.9. The van der Waals surface area contributed by atoms with E-state index in [0.717, 1.165) is 6.07 Å². The number of hydrogen-bond acceptors (Lipinski definition) is 3. The van der Waals surface area contributed by atoms with E-state index in [9.17, 15) is 18.0 Å². The molecule has 0 aliphatic rings. The SMILES string of the molecule is CCN(CC)C(=O)c1ccc(N)nc1C(F)(F)F. The first-order valence-corrected chi connectivity index (χ1v) is 5.44. The van der Waals surface area contributed by atoms with Crippen molar-refractivity contribution in [2.75, 3.05) is 18.8 Å². The molecule has 0 aliphatic heterocycles. The first-order chi connectivity index (χ1) is 8.31. The molecule has 0 fully saturated rings. The molecule has 0 aromatic carbocycles. The second-order valence-electron chi connectivity index (χ2n) is 3.61. The molecule has 2 N–H and O–H groups in total. The molecule has 0 unspecified atom stereocenters. The summed E-state index contributed by atoms with van der Waals surface area (Å²) in [5.41, 5.74) is 3.52. The maximum Gasteiger partial charge on any atom is 0.434 e. The van der Waals surface area contributed by atoms with Gasteiger partial charge < -0.3 is 10.6 Å². The fourth-order valence-electron chi connectivity index (χ4n) is 1.54. The van der Waals surface area contributed by atoms with Crippen molar-refractivity contribution in [3.8, 4) is 0 Å². The number of nitrogen functional groups attached to an aromatic ring is 1. The van der Waals surface area contributed by atoms with Gasteiger partial charge in [-0.15, -0.1) is 0 Å². The van der Waals surface area contributed by atoms with E-state index in [1.807, 2.05) is 0 Å². The van der Waals surface area contributed by atoms with Crippen LogP contribution in [0, 0.1) is 0 Å². The van der Waals surface area contributed by atoms with E-state index in [1.165, 1.54) is 11.0 Å². The smallest absolute Gasteiger partial charge is 0.384 e. The summed E-state index contributed by atoms with van der Waals surface area (Å²) in [6.07, 6.45) is -4.70. The van der Waals surface area contributed by atoms with E-state index in [-0.39, 0.29) is 5.82 Å². The highest BCUT2D eigenvalue weighted by Crippen LogP contribution is 2.31. The van der Waals surface area contributed by atoms with Gasteiger partial charge in [-0.1, -0.05) is 0 Å². The van der Waals surface area contributed by atoms with E-state index in [1.54, 1.807) is 13.8 Å². The van der Waals surface area contributed by atoms with Crippen LogP contribution in [0.3, 0.4) is 0 Å². The van der Waals surface area contributed by atoms with Crippen molar-refractivity contribution in [3.63, 3.8) is 0 Å². The number of carbonyl (C=O) groups excluding carboxylic acids is 1. The first kappa shape index (κ1) is 14.3. The average Bonchev–Trinajstić information content (AvgIpc) is 2.29. The minimum atomic E-state index is -4.70. The van der Waals surface area contributed by atoms with Gasteiger partial charge in [0.05, 0.1) is 5.56 Å². The largest absolute Gasteiger partial charge is 0.434 e. The monoisotopic (exact) mass is 261 g/mol. The van der Waals surface area contributed by atoms with Gasteiger partial charge in [0.1, 0.15) is 5.82 Å². The Kier molecular flexibility index (Phi) is 4.15. The number of nitrogens with zero attached hydrogens (tertiary/aromatic N) is 2. The van der Waals surface area contributed by atoms with Crippen LogP contribution in [0.1, 0.15) is 29.9 Å². The van der Waals surface area contributed by atoms with Crippen LogP contribution < -0.4 is 5.73 Å². The van der Waals surface area contributed by atoms with Crippen molar-refractivity contribution in [2.45, 2.75) is 20.0 Å². The third-order valence-corrected chi connectivity index (χ3v) is 2.47. The molecule has 1 amide bonds. The molecule has 0 spiro atoms. The topological polar surface area (TPSA) is 59.2 Å². The molecule has 1 aromatic rings. The number of anilines is 1. The zero-order valence-electron chi connectivity index (χ0n) is 10.1. The first-order valence-electron chi connectivity index (χ1n) is 5.44. The summed E-state index contributed by atoms with van der Waals surface area (Å²) in [7, 11) is 0. The number of halogens is 3. The van der Waals surface area contributed by atoms with Gasteiger partial charge in [0.15, 0.2) is 5.69 Å². The third kappa shape index (κ3) is 2.91. The molecule has 0 saturated heterocycles. The Morgan fingerprint density at radius 2 is 1.89 bits per heavy atom. The Hall–Kier alpha value is -1.79. The van der Waals surface area contributed by atoms with E-state index in [0.29, 0.717) is 13.1 Å². The summed E-state index contributed by atoms with van der Waals surface area (Å²) in [5, 5.41) is 0. The van der Waals surface area contributed by atoms with E-state index >= 15 is 0 Å². The molecule has 18 heavy (non-hydrogen) atoms. The molecule has 0 saturated carbocycles. The standard InChI is InChI=1S/C11H14F3N3O/c1-3-17(4-2)10(18)7-5-6-8(15)16-9(7)11(12,13)14/h5-6H,3-4H2,1-2H3,(H2,15,16). The molecule has 1 aromatic heterocycles. The number of hydrogen-bond donors (Lipinski definition) is 1. The summed E-state index contributed by atoms with van der Waals surface area (Å²) in [5.74, 6) is -0.960. The lowest BCUT2D eigenvalue weighted by molar-refractivity contribution is -0.141. The number of carbonyl (C=O) groups is 1. The minimum Gasteiger partial charge on any atom is -0.384 e. The van der Waals surface area contributed by atoms with Gasteiger partial charge in [-0.3, -0.25) is 4.79 Å². The highest BCUT2D eigenvalue weighted by molar-refractivity contribution is 5.95. The van der Waals surface area contributed by atoms with Crippen molar-refractivity contribution in [1.82, 2.24) is 9.88 Å². The molecule has 4 nitrogen and oxygen atoms in total. The lowest BCUT2D eigenvalue weighted by Crippen LogP contribution is -2.32. The van der Waals surface area contributed by atoms with Crippen molar-refractivity contribution in [1.29, 1.82) is 0 Å². The van der Waals surface area contributed by atoms with Crippen LogP contribution >= 0.6 is 0 Å². The maximum atomic E-state index is 12.8. The number of amides is 1. The van der Waals surface area contributed by atoms with Gasteiger partial charge in [0.25, 0.3) is 5.91 Å². The third-order valence-electron chi connectivity index (χ3n) is 2.47. The zero-order valence-corrected chi connectivity index (χ0v) is 10.1. The quantitative estimate of drug-likeness (QED) is 0.907. The van der Waals surface area contributed by atoms with E-state index in [4.69, 9.17) is 5.73 Å². The van der Waals surface area contributed by atoms with E-state index in [2.05, 4.69) is 4.98 Å². The lowest BCUT2D eigenvalue weighted by Gasteiger charge is -2.20. The summed E-state index contributed by atoms with van der Waals surface area (Å²) < 4.78 is 38.3. The van der Waals surface area contributed by atoms with Crippen molar-refractivity contribution in [2.24, 2.45) is 0 Å². The fourth-order valence-corrected chi connectivity index (χ4v) is 1.54. The highest BCUT2D eigenvalue weighted by atomic mass is 19.4. The molecule has 1 heterocycles. The van der Waals surface area contributed by atoms with Crippen LogP contribution in [-0.2, 0) is 6.18 Å². The molecule has 0 atom stereocenters. The Bertz CT molecular complexity index is 442. The number of rotatable bonds is 3. The normalized spacial score (nSPS) is 11.4. The number of aromatic nitrogens is 1. The second kappa shape index (κ2) is 5.24. The Balaban J connectivity index is 3.28. The van der Waals surface area contributed by atoms with Crippen LogP contribution in [0.25, 0.3) is 0 Å². The molecular weight excluding hydrogens is 247 g/mol. The Morgan fingerprint density at radius 1 is 1.33 bits per heavy atom. The van der Waals surface area contributed by atoms with Gasteiger partial charge >= 0.3 is 6.18 Å². The molecular formula is C11H14F3N3O. The number of pyridine rings is 1. The number of nitrogens with two attached hydrogens (primary N) is 1. The van der Waals surface area contributed by atoms with E-state index < -0.39 is 23.3 Å². The van der Waals surface area contributed by atoms with Crippen LogP contribution in [-0.4, -0.2) is 28.9 Å². The maximum absolute atomic E-state index is 12.8. The average molecular weight is 261 g/mol. The van der Waals surface area contributed by atoms with Crippen LogP contribution in [0.2, 0.25) is 0 Å². The van der Waals surface area contributed by atoms with Gasteiger partial charge in [-0.2, -0.15) is 13.2 Å². The summed E-state index contributed by atoms with van der Waals surface area (Å²) in [4.78, 5) is 16.4. The second-order valence-corrected chi connectivity index (χ2v) is 3.61. The molecule has 0 radical (unpaired) electrons. The molecule has 0 bridgehead atoms. The van der Waals surface area contributed by atoms with Gasteiger partial charge in [-0.05, 0) is 26.0 Å². The van der Waals surface area contributed by atoms with Gasteiger partial charge in [0, 0.05) is 13.1 Å². The minimum absolute atomic E-state index is 0.265. The van der Waals surface area contributed by atoms with Gasteiger partial charge in [-0.25, -0.2) is 4.98 Å². The summed E-state index contributed by atoms with van der Waals surface area (Å²) in [6.45, 7) is 4.05. The van der Waals surface area contributed by atoms with Crippen molar-refractivity contribution in [3.05, 3.63) is 23.4 Å². The van der Waals surface area contributed by atoms with Crippen LogP contribution in [0.5, 0.6) is 0 Å².